The van der Waals surface area contributed by atoms with E-state index < -0.39 is 0 Å². The third-order valence-electron chi connectivity index (χ3n) is 4.28. The lowest BCUT2D eigenvalue weighted by Crippen LogP contribution is -2.34. The second-order valence-corrected chi connectivity index (χ2v) is 5.58. The first-order chi connectivity index (χ1) is 8.62. The zero-order chi connectivity index (χ0) is 12.8. The van der Waals surface area contributed by atoms with Crippen LogP contribution in [0.5, 0.6) is 11.5 Å². The summed E-state index contributed by atoms with van der Waals surface area (Å²) in [5, 5.41) is 3.61. The van der Waals surface area contributed by atoms with Crippen LogP contribution in [0.1, 0.15) is 36.5 Å². The van der Waals surface area contributed by atoms with E-state index in [9.17, 15) is 0 Å². The van der Waals surface area contributed by atoms with Crippen molar-refractivity contribution in [1.29, 1.82) is 0 Å². The van der Waals surface area contributed by atoms with Gasteiger partial charge in [-0.2, -0.15) is 0 Å². The Morgan fingerprint density at radius 3 is 2.56 bits per heavy atom. The molecule has 0 saturated carbocycles. The van der Waals surface area contributed by atoms with Crippen LogP contribution in [0.4, 0.5) is 0 Å². The highest BCUT2D eigenvalue weighted by molar-refractivity contribution is 5.57. The zero-order valence-electron chi connectivity index (χ0n) is 11.4. The average Bonchev–Trinajstić information content (AvgIpc) is 2.82. The summed E-state index contributed by atoms with van der Waals surface area (Å²) in [6.45, 7) is 8.91. The van der Waals surface area contributed by atoms with Gasteiger partial charge >= 0.3 is 0 Å². The summed E-state index contributed by atoms with van der Waals surface area (Å²) in [5.74, 6) is 1.91. The van der Waals surface area contributed by atoms with Crippen molar-refractivity contribution in [2.45, 2.75) is 39.2 Å². The summed E-state index contributed by atoms with van der Waals surface area (Å²) in [5.41, 5.74) is 3.78. The Labute approximate surface area is 108 Å². The van der Waals surface area contributed by atoms with Gasteiger partial charge in [-0.3, -0.25) is 0 Å². The van der Waals surface area contributed by atoms with Gasteiger partial charge in [0.25, 0.3) is 0 Å². The summed E-state index contributed by atoms with van der Waals surface area (Å²) >= 11 is 0. The molecule has 3 heteroatoms. The van der Waals surface area contributed by atoms with Crippen LogP contribution in [0, 0.1) is 13.8 Å². The smallest absolute Gasteiger partial charge is 0.166 e. The quantitative estimate of drug-likeness (QED) is 0.827. The largest absolute Gasteiger partial charge is 0.486 e. The summed E-state index contributed by atoms with van der Waals surface area (Å²) in [7, 11) is 0. The van der Waals surface area contributed by atoms with Crippen LogP contribution in [0.15, 0.2) is 6.07 Å². The Balaban J connectivity index is 2.17. The molecule has 0 spiro atoms. The van der Waals surface area contributed by atoms with Crippen molar-refractivity contribution in [3.05, 3.63) is 22.8 Å². The van der Waals surface area contributed by atoms with Gasteiger partial charge in [0.05, 0.1) is 0 Å². The molecule has 0 aliphatic carbocycles. The van der Waals surface area contributed by atoms with Crippen LogP contribution in [-0.2, 0) is 5.54 Å². The lowest BCUT2D eigenvalue weighted by Gasteiger charge is -2.32. The van der Waals surface area contributed by atoms with Gasteiger partial charge in [0.2, 0.25) is 0 Å². The van der Waals surface area contributed by atoms with Crippen LogP contribution in [0.25, 0.3) is 0 Å². The Kier molecular flexibility index (Phi) is 2.74. The molecule has 1 aromatic rings. The highest BCUT2D eigenvalue weighted by Crippen LogP contribution is 2.45. The van der Waals surface area contributed by atoms with Gasteiger partial charge < -0.3 is 14.8 Å². The molecule has 1 aromatic carbocycles. The number of hydrogen-bond acceptors (Lipinski definition) is 3. The maximum Gasteiger partial charge on any atom is 0.166 e. The molecule has 0 aromatic heterocycles. The Bertz CT molecular complexity index is 476. The fourth-order valence-corrected chi connectivity index (χ4v) is 3.00. The van der Waals surface area contributed by atoms with Gasteiger partial charge in [-0.05, 0) is 57.4 Å². The molecule has 2 heterocycles. The molecule has 0 radical (unpaired) electrons. The summed E-state index contributed by atoms with van der Waals surface area (Å²) in [6, 6.07) is 2.27. The van der Waals surface area contributed by atoms with Crippen LogP contribution < -0.4 is 14.8 Å². The molecule has 3 rings (SSSR count). The molecular weight excluding hydrogens is 226 g/mol. The maximum absolute atomic E-state index is 5.90. The summed E-state index contributed by atoms with van der Waals surface area (Å²) in [4.78, 5) is 0. The monoisotopic (exact) mass is 247 g/mol. The third-order valence-corrected chi connectivity index (χ3v) is 4.28. The van der Waals surface area contributed by atoms with Crippen LogP contribution in [-0.4, -0.2) is 19.8 Å². The predicted octanol–water partition coefficient (Wildman–Crippen LogP) is 2.67. The van der Waals surface area contributed by atoms with E-state index in [0.29, 0.717) is 13.2 Å². The second-order valence-electron chi connectivity index (χ2n) is 5.58. The highest BCUT2D eigenvalue weighted by Gasteiger charge is 2.35. The molecule has 1 unspecified atom stereocenters. The first-order valence-corrected chi connectivity index (χ1v) is 6.77. The topological polar surface area (TPSA) is 30.5 Å². The predicted molar refractivity (Wildman–Crippen MR) is 71.5 cm³/mol. The number of ether oxygens (including phenoxy) is 2. The lowest BCUT2D eigenvalue weighted by atomic mass is 9.87. The highest BCUT2D eigenvalue weighted by atomic mass is 16.6. The molecule has 0 amide bonds. The molecule has 98 valence electrons. The first kappa shape index (κ1) is 11.8. The average molecular weight is 247 g/mol. The van der Waals surface area contributed by atoms with Gasteiger partial charge in [-0.1, -0.05) is 0 Å². The van der Waals surface area contributed by atoms with E-state index in [2.05, 4.69) is 32.2 Å². The van der Waals surface area contributed by atoms with E-state index >= 15 is 0 Å². The zero-order valence-corrected chi connectivity index (χ0v) is 11.4. The number of hydrogen-bond donors (Lipinski definition) is 1. The maximum atomic E-state index is 5.90. The fraction of sp³-hybridized carbons (Fsp3) is 0.600. The van der Waals surface area contributed by atoms with Gasteiger partial charge in [0.15, 0.2) is 11.5 Å². The Morgan fingerprint density at radius 2 is 1.89 bits per heavy atom. The van der Waals surface area contributed by atoms with Crippen molar-refractivity contribution in [3.8, 4) is 11.5 Å². The third kappa shape index (κ3) is 1.69. The molecule has 3 nitrogen and oxygen atoms in total. The van der Waals surface area contributed by atoms with Gasteiger partial charge in [0, 0.05) is 11.1 Å². The van der Waals surface area contributed by atoms with Crippen molar-refractivity contribution in [1.82, 2.24) is 5.32 Å². The molecule has 1 saturated heterocycles. The first-order valence-electron chi connectivity index (χ1n) is 6.77. The van der Waals surface area contributed by atoms with Crippen LogP contribution in [0.3, 0.4) is 0 Å². The minimum Gasteiger partial charge on any atom is -0.486 e. The molecule has 2 aliphatic rings. The van der Waals surface area contributed by atoms with Crippen molar-refractivity contribution in [3.63, 3.8) is 0 Å². The normalized spacial score (nSPS) is 26.4. The van der Waals surface area contributed by atoms with Crippen LogP contribution >= 0.6 is 0 Å². The fourth-order valence-electron chi connectivity index (χ4n) is 3.00. The standard InChI is InChI=1S/C15H21NO2/c1-10-9-12(15(3)5-4-6-16-15)14-13(11(10)2)17-7-8-18-14/h9,16H,4-8H2,1-3H3. The number of nitrogens with one attached hydrogen (secondary N) is 1. The van der Waals surface area contributed by atoms with E-state index in [4.69, 9.17) is 9.47 Å². The van der Waals surface area contributed by atoms with E-state index in [1.165, 1.54) is 23.1 Å². The summed E-state index contributed by atoms with van der Waals surface area (Å²) in [6.07, 6.45) is 2.38. The van der Waals surface area contributed by atoms with Gasteiger partial charge in [-0.15, -0.1) is 0 Å². The number of aryl methyl sites for hydroxylation is 1. The number of benzene rings is 1. The SMILES string of the molecule is Cc1cc(C2(C)CCCN2)c2c(c1C)OCCO2. The van der Waals surface area contributed by atoms with E-state index in [0.717, 1.165) is 24.5 Å². The lowest BCUT2D eigenvalue weighted by molar-refractivity contribution is 0.165. The Morgan fingerprint density at radius 1 is 1.17 bits per heavy atom. The van der Waals surface area contributed by atoms with Crippen LogP contribution in [0.2, 0.25) is 0 Å². The minimum absolute atomic E-state index is 0.0310. The second kappa shape index (κ2) is 4.16. The van der Waals surface area contributed by atoms with Crippen molar-refractivity contribution >= 4 is 0 Å². The molecule has 1 atom stereocenters. The number of rotatable bonds is 1. The molecule has 18 heavy (non-hydrogen) atoms. The number of fused-ring (bicyclic) bond motifs is 1. The van der Waals surface area contributed by atoms with Gasteiger partial charge in [0.1, 0.15) is 13.2 Å². The van der Waals surface area contributed by atoms with Gasteiger partial charge in [-0.25, -0.2) is 0 Å². The minimum atomic E-state index is 0.0310. The Hall–Kier alpha value is -1.22. The molecule has 1 fully saturated rings. The molecule has 0 bridgehead atoms. The molecule has 2 aliphatic heterocycles. The van der Waals surface area contributed by atoms with Crippen molar-refractivity contribution < 1.29 is 9.47 Å². The van der Waals surface area contributed by atoms with E-state index in [1.807, 2.05) is 0 Å². The molecule has 1 N–H and O–H groups in total. The van der Waals surface area contributed by atoms with Crippen molar-refractivity contribution in [2.24, 2.45) is 0 Å². The van der Waals surface area contributed by atoms with Crippen molar-refractivity contribution in [2.75, 3.05) is 19.8 Å². The van der Waals surface area contributed by atoms with E-state index in [-0.39, 0.29) is 5.54 Å². The summed E-state index contributed by atoms with van der Waals surface area (Å²) < 4.78 is 11.7. The van der Waals surface area contributed by atoms with E-state index in [1.54, 1.807) is 0 Å². The molecular formula is C15H21NO2.